The molecule has 0 amide bonds. The summed E-state index contributed by atoms with van der Waals surface area (Å²) < 4.78 is 12.7. The highest BCUT2D eigenvalue weighted by molar-refractivity contribution is 6.30. The predicted molar refractivity (Wildman–Crippen MR) is 63.7 cm³/mol. The number of nitrogens with zero attached hydrogens (tertiary/aromatic N) is 1. The van der Waals surface area contributed by atoms with E-state index in [0.717, 1.165) is 5.56 Å². The highest BCUT2D eigenvalue weighted by Gasteiger charge is 2.08. The summed E-state index contributed by atoms with van der Waals surface area (Å²) in [5.41, 5.74) is 1.12. The van der Waals surface area contributed by atoms with Gasteiger partial charge in [-0.25, -0.2) is 4.39 Å². The summed E-state index contributed by atoms with van der Waals surface area (Å²) in [5, 5.41) is 0.489. The Morgan fingerprint density at radius 3 is 2.47 bits per heavy atom. The topological polar surface area (TPSA) is 30.0 Å². The Kier molecular flexibility index (Phi) is 3.49. The second-order valence-corrected chi connectivity index (χ2v) is 4.02. The first-order valence-corrected chi connectivity index (χ1v) is 5.42. The van der Waals surface area contributed by atoms with Crippen LogP contribution in [0.2, 0.25) is 5.02 Å². The van der Waals surface area contributed by atoms with Crippen molar-refractivity contribution in [2.45, 2.75) is 6.42 Å². The molecule has 0 atom stereocenters. The molecule has 2 rings (SSSR count). The van der Waals surface area contributed by atoms with E-state index in [0.29, 0.717) is 10.7 Å². The molecule has 1 aromatic carbocycles. The molecule has 0 saturated heterocycles. The van der Waals surface area contributed by atoms with E-state index in [1.807, 2.05) is 0 Å². The SMILES string of the molecule is O=C(Cc1ccc(F)cc1)c1ccc(Cl)cn1. The second-order valence-electron chi connectivity index (χ2n) is 3.59. The van der Waals surface area contributed by atoms with Crippen molar-refractivity contribution >= 4 is 17.4 Å². The fraction of sp³-hybridized carbons (Fsp3) is 0.0769. The van der Waals surface area contributed by atoms with Crippen molar-refractivity contribution < 1.29 is 9.18 Å². The summed E-state index contributed by atoms with van der Waals surface area (Å²) in [6.07, 6.45) is 1.63. The lowest BCUT2D eigenvalue weighted by molar-refractivity contribution is 0.0988. The maximum atomic E-state index is 12.7. The molecule has 1 aromatic heterocycles. The third-order valence-electron chi connectivity index (χ3n) is 2.29. The lowest BCUT2D eigenvalue weighted by Crippen LogP contribution is -2.05. The molecule has 0 aliphatic carbocycles. The molecule has 2 nitrogen and oxygen atoms in total. The van der Waals surface area contributed by atoms with Gasteiger partial charge in [-0.3, -0.25) is 9.78 Å². The van der Waals surface area contributed by atoms with E-state index in [4.69, 9.17) is 11.6 Å². The molecule has 17 heavy (non-hydrogen) atoms. The number of ketones is 1. The van der Waals surface area contributed by atoms with Crippen LogP contribution in [0.3, 0.4) is 0 Å². The van der Waals surface area contributed by atoms with Crippen LogP contribution in [0.15, 0.2) is 42.6 Å². The van der Waals surface area contributed by atoms with Crippen molar-refractivity contribution in [1.29, 1.82) is 0 Å². The Morgan fingerprint density at radius 2 is 1.88 bits per heavy atom. The van der Waals surface area contributed by atoms with Gasteiger partial charge in [-0.05, 0) is 29.8 Å². The average molecular weight is 250 g/mol. The van der Waals surface area contributed by atoms with Gasteiger partial charge in [-0.15, -0.1) is 0 Å². The van der Waals surface area contributed by atoms with E-state index in [1.165, 1.54) is 18.3 Å². The molecular formula is C13H9ClFNO. The molecule has 0 aliphatic rings. The van der Waals surface area contributed by atoms with Gasteiger partial charge in [0.25, 0.3) is 0 Å². The van der Waals surface area contributed by atoms with Crippen LogP contribution in [-0.2, 0) is 6.42 Å². The van der Waals surface area contributed by atoms with E-state index in [1.54, 1.807) is 24.3 Å². The van der Waals surface area contributed by atoms with Crippen LogP contribution >= 0.6 is 11.6 Å². The van der Waals surface area contributed by atoms with Gasteiger partial charge < -0.3 is 0 Å². The molecule has 0 aliphatic heterocycles. The third-order valence-corrected chi connectivity index (χ3v) is 2.51. The molecule has 0 fully saturated rings. The van der Waals surface area contributed by atoms with Gasteiger partial charge in [-0.1, -0.05) is 23.7 Å². The summed E-state index contributed by atoms with van der Waals surface area (Å²) in [6.45, 7) is 0. The zero-order valence-corrected chi connectivity index (χ0v) is 9.62. The van der Waals surface area contributed by atoms with Crippen LogP contribution < -0.4 is 0 Å². The van der Waals surface area contributed by atoms with Crippen LogP contribution in [0.5, 0.6) is 0 Å². The van der Waals surface area contributed by atoms with Crippen molar-refractivity contribution in [1.82, 2.24) is 4.98 Å². The zero-order chi connectivity index (χ0) is 12.3. The minimum Gasteiger partial charge on any atom is -0.292 e. The number of carbonyl (C=O) groups excluding carboxylic acids is 1. The fourth-order valence-corrected chi connectivity index (χ4v) is 1.53. The van der Waals surface area contributed by atoms with Crippen LogP contribution in [0, 0.1) is 5.82 Å². The molecule has 0 unspecified atom stereocenters. The summed E-state index contributed by atoms with van der Waals surface area (Å²) in [6, 6.07) is 9.03. The number of hydrogen-bond acceptors (Lipinski definition) is 2. The minimum atomic E-state index is -0.314. The molecule has 0 spiro atoms. The van der Waals surface area contributed by atoms with Gasteiger partial charge >= 0.3 is 0 Å². The fourth-order valence-electron chi connectivity index (χ4n) is 1.42. The highest BCUT2D eigenvalue weighted by atomic mass is 35.5. The van der Waals surface area contributed by atoms with E-state index in [2.05, 4.69) is 4.98 Å². The van der Waals surface area contributed by atoms with E-state index in [-0.39, 0.29) is 18.0 Å². The molecule has 0 bridgehead atoms. The number of aromatic nitrogens is 1. The van der Waals surface area contributed by atoms with Crippen LogP contribution in [0.25, 0.3) is 0 Å². The largest absolute Gasteiger partial charge is 0.292 e. The molecule has 0 radical (unpaired) electrons. The summed E-state index contributed by atoms with van der Waals surface area (Å²) in [5.74, 6) is -0.431. The maximum absolute atomic E-state index is 12.7. The zero-order valence-electron chi connectivity index (χ0n) is 8.86. The summed E-state index contributed by atoms with van der Waals surface area (Å²) in [4.78, 5) is 15.7. The first-order valence-electron chi connectivity index (χ1n) is 5.04. The number of pyridine rings is 1. The smallest absolute Gasteiger partial charge is 0.185 e. The molecule has 0 saturated carbocycles. The Balaban J connectivity index is 2.11. The van der Waals surface area contributed by atoms with Gasteiger partial charge in [0.15, 0.2) is 5.78 Å². The van der Waals surface area contributed by atoms with Gasteiger partial charge in [0.1, 0.15) is 11.5 Å². The first kappa shape index (κ1) is 11.7. The number of benzene rings is 1. The normalized spacial score (nSPS) is 10.2. The number of halogens is 2. The Hall–Kier alpha value is -1.74. The first-order chi connectivity index (χ1) is 8.15. The van der Waals surface area contributed by atoms with Crippen molar-refractivity contribution in [2.24, 2.45) is 0 Å². The highest BCUT2D eigenvalue weighted by Crippen LogP contribution is 2.10. The molecule has 2 aromatic rings. The van der Waals surface area contributed by atoms with Crippen LogP contribution in [-0.4, -0.2) is 10.8 Å². The summed E-state index contributed by atoms with van der Waals surface area (Å²) in [7, 11) is 0. The second kappa shape index (κ2) is 5.06. The standard InChI is InChI=1S/C13H9ClFNO/c14-10-3-6-12(16-8-10)13(17)7-9-1-4-11(15)5-2-9/h1-6,8H,7H2. The maximum Gasteiger partial charge on any atom is 0.185 e. The average Bonchev–Trinajstić information content (AvgIpc) is 2.33. The van der Waals surface area contributed by atoms with Crippen molar-refractivity contribution in [3.05, 3.63) is 64.7 Å². The number of rotatable bonds is 3. The van der Waals surface area contributed by atoms with Crippen molar-refractivity contribution in [3.8, 4) is 0 Å². The van der Waals surface area contributed by atoms with Gasteiger partial charge in [-0.2, -0.15) is 0 Å². The van der Waals surface area contributed by atoms with Crippen LogP contribution in [0.4, 0.5) is 4.39 Å². The van der Waals surface area contributed by atoms with E-state index in [9.17, 15) is 9.18 Å². The van der Waals surface area contributed by atoms with Crippen molar-refractivity contribution in [3.63, 3.8) is 0 Å². The monoisotopic (exact) mass is 249 g/mol. The van der Waals surface area contributed by atoms with E-state index >= 15 is 0 Å². The molecule has 86 valence electrons. The lowest BCUT2D eigenvalue weighted by Gasteiger charge is -2.01. The molecule has 4 heteroatoms. The molecule has 1 heterocycles. The van der Waals surface area contributed by atoms with Crippen LogP contribution in [0.1, 0.15) is 16.1 Å². The number of hydrogen-bond donors (Lipinski definition) is 0. The minimum absolute atomic E-state index is 0.117. The van der Waals surface area contributed by atoms with Gasteiger partial charge in [0.05, 0.1) is 5.02 Å². The quantitative estimate of drug-likeness (QED) is 0.782. The third kappa shape index (κ3) is 3.11. The number of carbonyl (C=O) groups is 1. The predicted octanol–water partition coefficient (Wildman–Crippen LogP) is 3.30. The Labute approximate surface area is 103 Å². The van der Waals surface area contributed by atoms with Crippen molar-refractivity contribution in [2.75, 3.05) is 0 Å². The number of Topliss-reactive ketones (excluding diaryl/α,β-unsaturated/α-hetero) is 1. The van der Waals surface area contributed by atoms with Gasteiger partial charge in [0.2, 0.25) is 0 Å². The molecule has 0 N–H and O–H groups in total. The Morgan fingerprint density at radius 1 is 1.18 bits per heavy atom. The molecular weight excluding hydrogens is 241 g/mol. The lowest BCUT2D eigenvalue weighted by atomic mass is 10.1. The van der Waals surface area contributed by atoms with Gasteiger partial charge in [0, 0.05) is 12.6 Å². The summed E-state index contributed by atoms with van der Waals surface area (Å²) >= 11 is 5.68. The van der Waals surface area contributed by atoms with E-state index < -0.39 is 0 Å². The Bertz CT molecular complexity index is 522.